The first-order valence-electron chi connectivity index (χ1n) is 6.99. The zero-order valence-corrected chi connectivity index (χ0v) is 12.8. The molecule has 1 N–H and O–H groups in total. The lowest BCUT2D eigenvalue weighted by atomic mass is 9.97. The van der Waals surface area contributed by atoms with Crippen molar-refractivity contribution in [2.45, 2.75) is 46.6 Å². The van der Waals surface area contributed by atoms with E-state index in [9.17, 15) is 0 Å². The number of rotatable bonds is 4. The molecular formula is C14H25N3S. The minimum atomic E-state index is 0.532. The fourth-order valence-corrected chi connectivity index (χ4v) is 3.48. The molecule has 1 aromatic rings. The lowest BCUT2D eigenvalue weighted by molar-refractivity contribution is 0.367. The van der Waals surface area contributed by atoms with Crippen molar-refractivity contribution in [3.05, 3.63) is 10.6 Å². The maximum atomic E-state index is 4.73. The second kappa shape index (κ2) is 6.02. The van der Waals surface area contributed by atoms with Crippen molar-refractivity contribution in [3.8, 4) is 0 Å². The number of nitrogens with one attached hydrogen (secondary N) is 1. The molecule has 2 heterocycles. The van der Waals surface area contributed by atoms with E-state index in [2.05, 4.69) is 37.9 Å². The summed E-state index contributed by atoms with van der Waals surface area (Å²) in [4.78, 5) is 8.56. The molecule has 0 unspecified atom stereocenters. The summed E-state index contributed by atoms with van der Waals surface area (Å²) in [5.74, 6) is 0.818. The molecule has 0 bridgehead atoms. The lowest BCUT2D eigenvalue weighted by Gasteiger charge is -2.32. The van der Waals surface area contributed by atoms with Crippen LogP contribution in [-0.2, 0) is 0 Å². The Labute approximate surface area is 115 Å². The Balaban J connectivity index is 2.07. The number of thiazole rings is 1. The summed E-state index contributed by atoms with van der Waals surface area (Å²) in [6.07, 6.45) is 2.60. The number of aryl methyl sites for hydroxylation is 2. The molecule has 4 heteroatoms. The van der Waals surface area contributed by atoms with Crippen LogP contribution < -0.4 is 10.2 Å². The third-order valence-electron chi connectivity index (χ3n) is 3.80. The predicted octanol–water partition coefficient (Wildman–Crippen LogP) is 2.97. The monoisotopic (exact) mass is 267 g/mol. The highest BCUT2D eigenvalue weighted by Gasteiger charge is 2.21. The van der Waals surface area contributed by atoms with Gasteiger partial charge in [0.25, 0.3) is 0 Å². The third-order valence-corrected chi connectivity index (χ3v) is 4.91. The molecule has 1 aliphatic rings. The van der Waals surface area contributed by atoms with Gasteiger partial charge in [-0.1, -0.05) is 0 Å². The number of anilines is 1. The zero-order chi connectivity index (χ0) is 13.1. The van der Waals surface area contributed by atoms with Crippen LogP contribution in [0.25, 0.3) is 0 Å². The predicted molar refractivity (Wildman–Crippen MR) is 79.7 cm³/mol. The van der Waals surface area contributed by atoms with Crippen molar-refractivity contribution in [1.29, 1.82) is 0 Å². The smallest absolute Gasteiger partial charge is 0.185 e. The van der Waals surface area contributed by atoms with E-state index >= 15 is 0 Å². The molecule has 2 rings (SSSR count). The molecule has 0 spiro atoms. The van der Waals surface area contributed by atoms with Crippen LogP contribution in [0, 0.1) is 19.8 Å². The lowest BCUT2D eigenvalue weighted by Crippen LogP contribution is -2.39. The van der Waals surface area contributed by atoms with E-state index in [4.69, 9.17) is 4.98 Å². The summed E-state index contributed by atoms with van der Waals surface area (Å²) in [5, 5.41) is 4.65. The summed E-state index contributed by atoms with van der Waals surface area (Å²) < 4.78 is 0. The third kappa shape index (κ3) is 3.23. The van der Waals surface area contributed by atoms with Crippen molar-refractivity contribution < 1.29 is 0 Å². The van der Waals surface area contributed by atoms with E-state index in [0.29, 0.717) is 6.04 Å². The van der Waals surface area contributed by atoms with Gasteiger partial charge in [-0.05, 0) is 59.5 Å². The second-order valence-corrected chi connectivity index (χ2v) is 6.76. The maximum Gasteiger partial charge on any atom is 0.185 e. The molecule has 1 aliphatic heterocycles. The van der Waals surface area contributed by atoms with Gasteiger partial charge in [0.05, 0.1) is 5.69 Å². The molecule has 0 saturated carbocycles. The van der Waals surface area contributed by atoms with Crippen molar-refractivity contribution in [1.82, 2.24) is 10.3 Å². The molecule has 1 aromatic heterocycles. The Morgan fingerprint density at radius 3 is 2.50 bits per heavy atom. The van der Waals surface area contributed by atoms with Crippen LogP contribution >= 0.6 is 11.3 Å². The van der Waals surface area contributed by atoms with Gasteiger partial charge in [0.2, 0.25) is 0 Å². The van der Waals surface area contributed by atoms with Crippen molar-refractivity contribution >= 4 is 16.5 Å². The highest BCUT2D eigenvalue weighted by molar-refractivity contribution is 7.15. The fourth-order valence-electron chi connectivity index (χ4n) is 2.43. The van der Waals surface area contributed by atoms with Crippen LogP contribution in [0.15, 0.2) is 0 Å². The first-order chi connectivity index (χ1) is 8.58. The maximum absolute atomic E-state index is 4.73. The molecule has 18 heavy (non-hydrogen) atoms. The Hall–Kier alpha value is -0.610. The van der Waals surface area contributed by atoms with E-state index in [1.54, 1.807) is 0 Å². The Kier molecular flexibility index (Phi) is 4.62. The summed E-state index contributed by atoms with van der Waals surface area (Å²) in [5.41, 5.74) is 1.19. The normalized spacial score (nSPS) is 17.4. The fraction of sp³-hybridized carbons (Fsp3) is 0.786. The van der Waals surface area contributed by atoms with Gasteiger partial charge in [-0.15, -0.1) is 11.3 Å². The van der Waals surface area contributed by atoms with Crippen LogP contribution in [0.2, 0.25) is 0 Å². The first kappa shape index (κ1) is 13.8. The number of aromatic nitrogens is 1. The van der Waals surface area contributed by atoms with E-state index in [1.165, 1.54) is 41.6 Å². The van der Waals surface area contributed by atoms with Crippen LogP contribution in [0.4, 0.5) is 5.13 Å². The molecular weight excluding hydrogens is 242 g/mol. The van der Waals surface area contributed by atoms with Gasteiger partial charge in [0.1, 0.15) is 0 Å². The molecule has 0 aromatic carbocycles. The zero-order valence-electron chi connectivity index (χ0n) is 12.0. The Morgan fingerprint density at radius 2 is 2.00 bits per heavy atom. The van der Waals surface area contributed by atoms with Crippen LogP contribution in [-0.4, -0.2) is 30.7 Å². The SMILES string of the molecule is Cc1nc(N(CC2CCNCC2)C(C)C)sc1C. The van der Waals surface area contributed by atoms with E-state index in [-0.39, 0.29) is 0 Å². The van der Waals surface area contributed by atoms with Gasteiger partial charge in [-0.2, -0.15) is 0 Å². The molecule has 0 aliphatic carbocycles. The van der Waals surface area contributed by atoms with Crippen LogP contribution in [0.3, 0.4) is 0 Å². The van der Waals surface area contributed by atoms with E-state index in [1.807, 2.05) is 11.3 Å². The molecule has 1 saturated heterocycles. The topological polar surface area (TPSA) is 28.2 Å². The summed E-state index contributed by atoms with van der Waals surface area (Å²) in [6.45, 7) is 12.3. The quantitative estimate of drug-likeness (QED) is 0.909. The standard InChI is InChI=1S/C14H25N3S/c1-10(2)17(9-13-5-7-15-8-6-13)14-16-11(3)12(4)18-14/h10,13,15H,5-9H2,1-4H3. The van der Waals surface area contributed by atoms with E-state index < -0.39 is 0 Å². The molecule has 1 fully saturated rings. The van der Waals surface area contributed by atoms with Gasteiger partial charge in [0, 0.05) is 17.5 Å². The second-order valence-electron chi connectivity index (χ2n) is 5.58. The highest BCUT2D eigenvalue weighted by Crippen LogP contribution is 2.28. The largest absolute Gasteiger partial charge is 0.345 e. The van der Waals surface area contributed by atoms with Gasteiger partial charge < -0.3 is 10.2 Å². The van der Waals surface area contributed by atoms with Crippen molar-refractivity contribution in [2.24, 2.45) is 5.92 Å². The Bertz CT molecular complexity index is 361. The van der Waals surface area contributed by atoms with Crippen LogP contribution in [0.5, 0.6) is 0 Å². The Morgan fingerprint density at radius 1 is 1.33 bits per heavy atom. The van der Waals surface area contributed by atoms with Gasteiger partial charge >= 0.3 is 0 Å². The number of piperidine rings is 1. The summed E-state index contributed by atoms with van der Waals surface area (Å²) in [7, 11) is 0. The summed E-state index contributed by atoms with van der Waals surface area (Å²) >= 11 is 1.84. The molecule has 0 atom stereocenters. The van der Waals surface area contributed by atoms with Gasteiger partial charge in [0.15, 0.2) is 5.13 Å². The average molecular weight is 267 g/mol. The highest BCUT2D eigenvalue weighted by atomic mass is 32.1. The molecule has 102 valence electrons. The molecule has 0 radical (unpaired) electrons. The first-order valence-corrected chi connectivity index (χ1v) is 7.81. The average Bonchev–Trinajstić information content (AvgIpc) is 2.67. The van der Waals surface area contributed by atoms with Crippen molar-refractivity contribution in [2.75, 3.05) is 24.5 Å². The van der Waals surface area contributed by atoms with Crippen molar-refractivity contribution in [3.63, 3.8) is 0 Å². The van der Waals surface area contributed by atoms with E-state index in [0.717, 1.165) is 12.5 Å². The number of hydrogen-bond acceptors (Lipinski definition) is 4. The minimum Gasteiger partial charge on any atom is -0.345 e. The number of nitrogens with zero attached hydrogens (tertiary/aromatic N) is 2. The minimum absolute atomic E-state index is 0.532. The van der Waals surface area contributed by atoms with Gasteiger partial charge in [-0.25, -0.2) is 4.98 Å². The molecule has 3 nitrogen and oxygen atoms in total. The van der Waals surface area contributed by atoms with Gasteiger partial charge in [-0.3, -0.25) is 0 Å². The van der Waals surface area contributed by atoms with Crippen LogP contribution in [0.1, 0.15) is 37.3 Å². The number of hydrogen-bond donors (Lipinski definition) is 1. The molecule has 0 amide bonds. The summed E-state index contributed by atoms with van der Waals surface area (Å²) in [6, 6.07) is 0.532.